The van der Waals surface area contributed by atoms with Gasteiger partial charge in [0, 0.05) is 25.6 Å². The predicted octanol–water partition coefficient (Wildman–Crippen LogP) is 2.53. The number of carbonyl (C=O) groups is 1. The van der Waals surface area contributed by atoms with Crippen LogP contribution in [0.2, 0.25) is 0 Å². The molecule has 1 heterocycles. The second kappa shape index (κ2) is 8.65. The van der Waals surface area contributed by atoms with E-state index in [1.54, 1.807) is 0 Å². The van der Waals surface area contributed by atoms with Crippen molar-refractivity contribution in [2.24, 2.45) is 17.6 Å². The van der Waals surface area contributed by atoms with E-state index in [4.69, 9.17) is 10.5 Å². The number of ether oxygens (including phenoxy) is 1. The molecule has 2 N–H and O–H groups in total. The summed E-state index contributed by atoms with van der Waals surface area (Å²) >= 11 is 0. The zero-order valence-electron chi connectivity index (χ0n) is 11.1. The molecular weight excluding hydrogens is 214 g/mol. The first-order chi connectivity index (χ1) is 8.27. The van der Waals surface area contributed by atoms with Crippen molar-refractivity contribution >= 4 is 5.78 Å². The predicted molar refractivity (Wildman–Crippen MR) is 69.9 cm³/mol. The Labute approximate surface area is 105 Å². The van der Waals surface area contributed by atoms with Crippen molar-refractivity contribution in [2.75, 3.05) is 19.8 Å². The standard InChI is InChI=1S/C14H27NO2/c1-2-3-12(6-9-15)4-5-14(16)13-7-10-17-11-8-13/h12-13H,2-11,15H2,1H3. The van der Waals surface area contributed by atoms with E-state index >= 15 is 0 Å². The van der Waals surface area contributed by atoms with Gasteiger partial charge in [0.1, 0.15) is 5.78 Å². The Balaban J connectivity index is 2.24. The molecule has 1 rings (SSSR count). The molecule has 0 bridgehead atoms. The molecule has 3 nitrogen and oxygen atoms in total. The molecule has 1 aliphatic heterocycles. The van der Waals surface area contributed by atoms with Crippen molar-refractivity contribution in [3.63, 3.8) is 0 Å². The smallest absolute Gasteiger partial charge is 0.136 e. The van der Waals surface area contributed by atoms with Gasteiger partial charge in [-0.1, -0.05) is 19.8 Å². The topological polar surface area (TPSA) is 52.3 Å². The number of ketones is 1. The average molecular weight is 241 g/mol. The van der Waals surface area contributed by atoms with Crippen LogP contribution in [0.5, 0.6) is 0 Å². The van der Waals surface area contributed by atoms with E-state index in [0.29, 0.717) is 11.7 Å². The van der Waals surface area contributed by atoms with Gasteiger partial charge < -0.3 is 10.5 Å². The van der Waals surface area contributed by atoms with E-state index in [-0.39, 0.29) is 5.92 Å². The lowest BCUT2D eigenvalue weighted by Crippen LogP contribution is -2.24. The van der Waals surface area contributed by atoms with Crippen LogP contribution in [-0.4, -0.2) is 25.5 Å². The van der Waals surface area contributed by atoms with Crippen molar-refractivity contribution in [3.05, 3.63) is 0 Å². The summed E-state index contributed by atoms with van der Waals surface area (Å²) < 4.78 is 5.28. The molecule has 0 saturated carbocycles. The molecule has 1 aliphatic rings. The number of hydrogen-bond acceptors (Lipinski definition) is 3. The first-order valence-corrected chi connectivity index (χ1v) is 7.08. The van der Waals surface area contributed by atoms with Crippen LogP contribution < -0.4 is 5.73 Å². The molecule has 0 aromatic heterocycles. The minimum Gasteiger partial charge on any atom is -0.381 e. The van der Waals surface area contributed by atoms with Crippen LogP contribution in [-0.2, 0) is 9.53 Å². The van der Waals surface area contributed by atoms with Crippen LogP contribution in [0.1, 0.15) is 51.9 Å². The Morgan fingerprint density at radius 2 is 2.00 bits per heavy atom. The fourth-order valence-corrected chi connectivity index (χ4v) is 2.65. The van der Waals surface area contributed by atoms with Crippen LogP contribution in [0.4, 0.5) is 0 Å². The number of nitrogens with two attached hydrogens (primary N) is 1. The number of carbonyl (C=O) groups excluding carboxylic acids is 1. The third-order valence-electron chi connectivity index (χ3n) is 3.75. The lowest BCUT2D eigenvalue weighted by Gasteiger charge is -2.22. The maximum Gasteiger partial charge on any atom is 0.136 e. The Morgan fingerprint density at radius 3 is 2.59 bits per heavy atom. The van der Waals surface area contributed by atoms with Gasteiger partial charge in [-0.2, -0.15) is 0 Å². The Kier molecular flexibility index (Phi) is 7.45. The van der Waals surface area contributed by atoms with Crippen molar-refractivity contribution in [2.45, 2.75) is 51.9 Å². The van der Waals surface area contributed by atoms with Crippen LogP contribution in [0.25, 0.3) is 0 Å². The van der Waals surface area contributed by atoms with Crippen LogP contribution in [0.3, 0.4) is 0 Å². The molecular formula is C14H27NO2. The highest BCUT2D eigenvalue weighted by Gasteiger charge is 2.21. The van der Waals surface area contributed by atoms with Crippen molar-refractivity contribution in [3.8, 4) is 0 Å². The van der Waals surface area contributed by atoms with Gasteiger partial charge in [0.25, 0.3) is 0 Å². The number of rotatable bonds is 8. The summed E-state index contributed by atoms with van der Waals surface area (Å²) in [5.74, 6) is 1.36. The quantitative estimate of drug-likeness (QED) is 0.710. The Morgan fingerprint density at radius 1 is 1.29 bits per heavy atom. The fraction of sp³-hybridized carbons (Fsp3) is 0.929. The monoisotopic (exact) mass is 241 g/mol. The van der Waals surface area contributed by atoms with Crippen molar-refractivity contribution < 1.29 is 9.53 Å². The molecule has 0 aromatic carbocycles. The van der Waals surface area contributed by atoms with E-state index in [1.807, 2.05) is 0 Å². The van der Waals surface area contributed by atoms with Crippen molar-refractivity contribution in [1.82, 2.24) is 0 Å². The molecule has 0 aliphatic carbocycles. The van der Waals surface area contributed by atoms with E-state index in [2.05, 4.69) is 6.92 Å². The first kappa shape index (κ1) is 14.7. The molecule has 1 unspecified atom stereocenters. The number of hydrogen-bond donors (Lipinski definition) is 1. The minimum absolute atomic E-state index is 0.268. The van der Waals surface area contributed by atoms with Gasteiger partial charge in [-0.05, 0) is 38.1 Å². The zero-order valence-corrected chi connectivity index (χ0v) is 11.1. The van der Waals surface area contributed by atoms with Gasteiger partial charge in [0.05, 0.1) is 0 Å². The molecule has 1 saturated heterocycles. The maximum atomic E-state index is 12.0. The SMILES string of the molecule is CCCC(CCN)CCC(=O)C1CCOCC1. The van der Waals surface area contributed by atoms with Gasteiger partial charge in [0.15, 0.2) is 0 Å². The van der Waals surface area contributed by atoms with E-state index < -0.39 is 0 Å². The zero-order chi connectivity index (χ0) is 12.5. The van der Waals surface area contributed by atoms with Gasteiger partial charge in [-0.3, -0.25) is 4.79 Å². The minimum atomic E-state index is 0.268. The molecule has 1 atom stereocenters. The molecule has 0 radical (unpaired) electrons. The largest absolute Gasteiger partial charge is 0.381 e. The average Bonchev–Trinajstić information content (AvgIpc) is 2.37. The molecule has 0 aromatic rings. The van der Waals surface area contributed by atoms with Gasteiger partial charge >= 0.3 is 0 Å². The fourth-order valence-electron chi connectivity index (χ4n) is 2.65. The third-order valence-corrected chi connectivity index (χ3v) is 3.75. The lowest BCUT2D eigenvalue weighted by molar-refractivity contribution is -0.126. The van der Waals surface area contributed by atoms with Gasteiger partial charge in [-0.25, -0.2) is 0 Å². The van der Waals surface area contributed by atoms with E-state index in [9.17, 15) is 4.79 Å². The van der Waals surface area contributed by atoms with Crippen LogP contribution >= 0.6 is 0 Å². The summed E-state index contributed by atoms with van der Waals surface area (Å²) in [6.45, 7) is 4.47. The summed E-state index contributed by atoms with van der Waals surface area (Å²) in [5.41, 5.74) is 5.61. The normalized spacial score (nSPS) is 19.2. The summed E-state index contributed by atoms with van der Waals surface area (Å²) in [6.07, 6.45) is 7.09. The molecule has 17 heavy (non-hydrogen) atoms. The lowest BCUT2D eigenvalue weighted by atomic mass is 9.88. The summed E-state index contributed by atoms with van der Waals surface area (Å²) in [7, 11) is 0. The van der Waals surface area contributed by atoms with Gasteiger partial charge in [-0.15, -0.1) is 0 Å². The molecule has 0 amide bonds. The van der Waals surface area contributed by atoms with Gasteiger partial charge in [0.2, 0.25) is 0 Å². The van der Waals surface area contributed by atoms with Crippen LogP contribution in [0, 0.1) is 11.8 Å². The number of Topliss-reactive ketones (excluding diaryl/α,β-unsaturated/α-hetero) is 1. The molecule has 1 fully saturated rings. The van der Waals surface area contributed by atoms with E-state index in [1.165, 1.54) is 12.8 Å². The first-order valence-electron chi connectivity index (χ1n) is 7.08. The molecule has 100 valence electrons. The second-order valence-corrected chi connectivity index (χ2v) is 5.12. The highest BCUT2D eigenvalue weighted by Crippen LogP contribution is 2.22. The Bertz CT molecular complexity index is 206. The van der Waals surface area contributed by atoms with Crippen LogP contribution in [0.15, 0.2) is 0 Å². The maximum absolute atomic E-state index is 12.0. The highest BCUT2D eigenvalue weighted by atomic mass is 16.5. The summed E-state index contributed by atoms with van der Waals surface area (Å²) in [6, 6.07) is 0. The second-order valence-electron chi connectivity index (χ2n) is 5.12. The molecule has 3 heteroatoms. The molecule has 0 spiro atoms. The van der Waals surface area contributed by atoms with E-state index in [0.717, 1.165) is 51.9 Å². The highest BCUT2D eigenvalue weighted by molar-refractivity contribution is 5.81. The summed E-state index contributed by atoms with van der Waals surface area (Å²) in [4.78, 5) is 12.0. The summed E-state index contributed by atoms with van der Waals surface area (Å²) in [5, 5.41) is 0. The third kappa shape index (κ3) is 5.64. The van der Waals surface area contributed by atoms with Crippen molar-refractivity contribution in [1.29, 1.82) is 0 Å². The Hall–Kier alpha value is -0.410.